The molecule has 0 aliphatic rings. The Kier molecular flexibility index (Phi) is 5.54. The number of hydrogen-bond donors (Lipinski definition) is 0. The topological polar surface area (TPSA) is 0 Å². The van der Waals surface area contributed by atoms with Gasteiger partial charge in [0.1, 0.15) is 0 Å². The van der Waals surface area contributed by atoms with Gasteiger partial charge in [-0.25, -0.2) is 0 Å². The van der Waals surface area contributed by atoms with Crippen molar-refractivity contribution in [1.29, 1.82) is 0 Å². The van der Waals surface area contributed by atoms with E-state index in [4.69, 9.17) is 0 Å². The maximum Gasteiger partial charge on any atom is -0.0227 e. The maximum atomic E-state index is 3.79. The van der Waals surface area contributed by atoms with Crippen molar-refractivity contribution in [2.75, 3.05) is 0 Å². The Balaban J connectivity index is 3.61. The summed E-state index contributed by atoms with van der Waals surface area (Å²) in [6.07, 6.45) is 9.66. The third-order valence-corrected chi connectivity index (χ3v) is 1.43. The minimum absolute atomic E-state index is 0.649. The minimum Gasteiger partial charge on any atom is -0.0961 e. The molecule has 0 radical (unpaired) electrons. The van der Waals surface area contributed by atoms with Gasteiger partial charge in [-0.1, -0.05) is 43.4 Å². The summed E-state index contributed by atoms with van der Waals surface area (Å²) in [7, 11) is 0. The zero-order valence-electron chi connectivity index (χ0n) is 7.80. The average molecular weight is 150 g/mol. The van der Waals surface area contributed by atoms with Crippen molar-refractivity contribution < 1.29 is 0 Å². The zero-order chi connectivity index (χ0) is 8.69. The van der Waals surface area contributed by atoms with Crippen LogP contribution in [0.3, 0.4) is 0 Å². The third kappa shape index (κ3) is 7.11. The first-order chi connectivity index (χ1) is 5.16. The molecule has 0 heterocycles. The first-order valence-electron chi connectivity index (χ1n) is 4.11. The first kappa shape index (κ1) is 10.2. The van der Waals surface area contributed by atoms with E-state index in [-0.39, 0.29) is 0 Å². The predicted molar refractivity (Wildman–Crippen MR) is 52.5 cm³/mol. The van der Waals surface area contributed by atoms with Crippen LogP contribution < -0.4 is 0 Å². The summed E-state index contributed by atoms with van der Waals surface area (Å²) in [6.45, 7) is 10.1. The van der Waals surface area contributed by atoms with Crippen LogP contribution >= 0.6 is 0 Å². The summed E-state index contributed by atoms with van der Waals surface area (Å²) in [5, 5.41) is 0. The van der Waals surface area contributed by atoms with E-state index in [0.29, 0.717) is 5.92 Å². The fourth-order valence-electron chi connectivity index (χ4n) is 0.891. The molecule has 0 amide bonds. The lowest BCUT2D eigenvalue weighted by Crippen LogP contribution is -1.84. The zero-order valence-corrected chi connectivity index (χ0v) is 7.80. The first-order valence-corrected chi connectivity index (χ1v) is 4.11. The fraction of sp³-hybridized carbons (Fsp3) is 0.455. The van der Waals surface area contributed by atoms with Crippen LogP contribution in [0.2, 0.25) is 0 Å². The minimum atomic E-state index is 0.649. The molecule has 0 bridgehead atoms. The lowest BCUT2D eigenvalue weighted by atomic mass is 10.1. The van der Waals surface area contributed by atoms with E-state index in [0.717, 1.165) is 12.0 Å². The van der Waals surface area contributed by atoms with E-state index in [2.05, 4.69) is 44.7 Å². The molecule has 0 nitrogen and oxygen atoms in total. The van der Waals surface area contributed by atoms with E-state index in [1.807, 2.05) is 6.92 Å². The molecule has 0 aromatic heterocycles. The van der Waals surface area contributed by atoms with Gasteiger partial charge in [0, 0.05) is 0 Å². The fourth-order valence-corrected chi connectivity index (χ4v) is 0.891. The van der Waals surface area contributed by atoms with E-state index in [9.17, 15) is 0 Å². The molecule has 0 aromatic carbocycles. The second kappa shape index (κ2) is 5.96. The van der Waals surface area contributed by atoms with Crippen molar-refractivity contribution in [3.8, 4) is 0 Å². The molecule has 1 atom stereocenters. The molecule has 0 aliphatic heterocycles. The number of allylic oxidation sites excluding steroid dienone is 5. The highest BCUT2D eigenvalue weighted by molar-refractivity contribution is 5.11. The van der Waals surface area contributed by atoms with Crippen molar-refractivity contribution in [2.45, 2.75) is 27.2 Å². The Labute approximate surface area is 70.3 Å². The molecule has 0 spiro atoms. The Bertz CT molecular complexity index is 161. The molecule has 11 heavy (non-hydrogen) atoms. The van der Waals surface area contributed by atoms with Gasteiger partial charge in [0.05, 0.1) is 0 Å². The maximum absolute atomic E-state index is 3.79. The highest BCUT2D eigenvalue weighted by atomic mass is 14.0. The van der Waals surface area contributed by atoms with E-state index < -0.39 is 0 Å². The van der Waals surface area contributed by atoms with Gasteiger partial charge in [0.15, 0.2) is 0 Å². The predicted octanol–water partition coefficient (Wildman–Crippen LogP) is 3.72. The largest absolute Gasteiger partial charge is 0.0961 e. The Morgan fingerprint density at radius 2 is 2.18 bits per heavy atom. The molecule has 0 saturated carbocycles. The van der Waals surface area contributed by atoms with Crippen LogP contribution in [-0.2, 0) is 0 Å². The summed E-state index contributed by atoms with van der Waals surface area (Å²) < 4.78 is 0. The smallest absolute Gasteiger partial charge is 0.0227 e. The van der Waals surface area contributed by atoms with Crippen molar-refractivity contribution >= 4 is 0 Å². The van der Waals surface area contributed by atoms with E-state index in [1.54, 1.807) is 0 Å². The molecule has 1 unspecified atom stereocenters. The van der Waals surface area contributed by atoms with Gasteiger partial charge in [0.2, 0.25) is 0 Å². The SMILES string of the molecule is C=C(C)C=CCC(C)C=CC. The quantitative estimate of drug-likeness (QED) is 0.423. The van der Waals surface area contributed by atoms with Crippen LogP contribution in [0.4, 0.5) is 0 Å². The second-order valence-electron chi connectivity index (χ2n) is 2.99. The average Bonchev–Trinajstić information content (AvgIpc) is 1.87. The summed E-state index contributed by atoms with van der Waals surface area (Å²) in [5.41, 5.74) is 1.12. The van der Waals surface area contributed by atoms with Gasteiger partial charge < -0.3 is 0 Å². The van der Waals surface area contributed by atoms with Gasteiger partial charge in [-0.2, -0.15) is 0 Å². The molecule has 0 N–H and O–H groups in total. The summed E-state index contributed by atoms with van der Waals surface area (Å²) in [4.78, 5) is 0. The summed E-state index contributed by atoms with van der Waals surface area (Å²) in [6, 6.07) is 0. The molecule has 0 saturated heterocycles. The molecule has 0 aromatic rings. The van der Waals surface area contributed by atoms with E-state index >= 15 is 0 Å². The summed E-state index contributed by atoms with van der Waals surface area (Å²) in [5.74, 6) is 0.649. The van der Waals surface area contributed by atoms with Crippen LogP contribution in [0, 0.1) is 5.92 Å². The van der Waals surface area contributed by atoms with Crippen LogP contribution in [-0.4, -0.2) is 0 Å². The Morgan fingerprint density at radius 1 is 1.55 bits per heavy atom. The van der Waals surface area contributed by atoms with Crippen molar-refractivity contribution in [3.05, 3.63) is 36.5 Å². The van der Waals surface area contributed by atoms with Crippen molar-refractivity contribution in [3.63, 3.8) is 0 Å². The molecule has 0 fully saturated rings. The third-order valence-electron chi connectivity index (χ3n) is 1.43. The van der Waals surface area contributed by atoms with Crippen LogP contribution in [0.1, 0.15) is 27.2 Å². The van der Waals surface area contributed by atoms with Gasteiger partial charge >= 0.3 is 0 Å². The highest BCUT2D eigenvalue weighted by Crippen LogP contribution is 2.05. The molecule has 0 rings (SSSR count). The molecule has 62 valence electrons. The van der Waals surface area contributed by atoms with Crippen molar-refractivity contribution in [1.82, 2.24) is 0 Å². The molecule has 0 heteroatoms. The lowest BCUT2D eigenvalue weighted by Gasteiger charge is -1.99. The highest BCUT2D eigenvalue weighted by Gasteiger charge is 1.90. The molecular weight excluding hydrogens is 132 g/mol. The molecule has 0 aliphatic carbocycles. The van der Waals surface area contributed by atoms with Crippen LogP contribution in [0.5, 0.6) is 0 Å². The second-order valence-corrected chi connectivity index (χ2v) is 2.99. The van der Waals surface area contributed by atoms with Crippen molar-refractivity contribution in [2.24, 2.45) is 5.92 Å². The molecular formula is C11H18. The normalized spacial score (nSPS) is 14.5. The van der Waals surface area contributed by atoms with Gasteiger partial charge in [0.25, 0.3) is 0 Å². The number of rotatable bonds is 4. The van der Waals surface area contributed by atoms with Crippen LogP contribution in [0.25, 0.3) is 0 Å². The van der Waals surface area contributed by atoms with Gasteiger partial charge in [-0.3, -0.25) is 0 Å². The van der Waals surface area contributed by atoms with Crippen LogP contribution in [0.15, 0.2) is 36.5 Å². The standard InChI is InChI=1S/C11H18/c1-5-7-11(4)9-6-8-10(2)3/h5-8,11H,2,9H2,1,3-4H3. The van der Waals surface area contributed by atoms with Gasteiger partial charge in [-0.15, -0.1) is 0 Å². The lowest BCUT2D eigenvalue weighted by molar-refractivity contribution is 0.743. The number of hydrogen-bond acceptors (Lipinski definition) is 0. The summed E-state index contributed by atoms with van der Waals surface area (Å²) >= 11 is 0. The van der Waals surface area contributed by atoms with Gasteiger partial charge in [-0.05, 0) is 26.2 Å². The Hall–Kier alpha value is -0.780. The monoisotopic (exact) mass is 150 g/mol. The van der Waals surface area contributed by atoms with E-state index in [1.165, 1.54) is 0 Å². The Morgan fingerprint density at radius 3 is 2.64 bits per heavy atom.